The van der Waals surface area contributed by atoms with E-state index in [1.807, 2.05) is 24.3 Å². The molecular weight excluding hydrogens is 410 g/mol. The molecule has 1 aliphatic rings. The number of carbonyl (C=O) groups excluding carboxylic acids is 1. The molecule has 0 unspecified atom stereocenters. The van der Waals surface area contributed by atoms with Gasteiger partial charge in [0, 0.05) is 32.2 Å². The Morgan fingerprint density at radius 2 is 1.67 bits per heavy atom. The van der Waals surface area contributed by atoms with E-state index in [1.165, 1.54) is 49.9 Å². The molecule has 6 heteroatoms. The van der Waals surface area contributed by atoms with Crippen LogP contribution < -0.4 is 16.0 Å². The minimum absolute atomic E-state index is 0.0576. The first-order valence-corrected chi connectivity index (χ1v) is 12.3. The monoisotopic (exact) mass is 449 g/mol. The molecule has 2 aromatic carbocycles. The Bertz CT molecular complexity index is 903. The topological polar surface area (TPSA) is 68.8 Å². The normalized spacial score (nSPS) is 15.0. The fourth-order valence-corrected chi connectivity index (χ4v) is 4.23. The number of guanidine groups is 1. The molecule has 0 aliphatic carbocycles. The molecule has 1 amide bonds. The number of hydrogen-bond donors (Lipinski definition) is 3. The summed E-state index contributed by atoms with van der Waals surface area (Å²) in [5, 5.41) is 9.43. The average molecular weight is 450 g/mol. The summed E-state index contributed by atoms with van der Waals surface area (Å²) in [6.07, 6.45) is 6.19. The fraction of sp³-hybridized carbons (Fsp3) is 0.481. The lowest BCUT2D eigenvalue weighted by Crippen LogP contribution is -2.38. The molecule has 0 saturated carbocycles. The number of nitrogens with one attached hydrogen (secondary N) is 3. The molecule has 0 spiro atoms. The van der Waals surface area contributed by atoms with Gasteiger partial charge in [-0.2, -0.15) is 0 Å². The van der Waals surface area contributed by atoms with Crippen molar-refractivity contribution in [1.82, 2.24) is 20.9 Å². The van der Waals surface area contributed by atoms with Crippen molar-refractivity contribution in [2.24, 2.45) is 4.99 Å². The number of carbonyl (C=O) groups is 1. The Balaban J connectivity index is 1.53. The molecule has 0 atom stereocenters. The van der Waals surface area contributed by atoms with Crippen LogP contribution in [-0.4, -0.2) is 50.0 Å². The van der Waals surface area contributed by atoms with Crippen molar-refractivity contribution in [2.75, 3.05) is 33.2 Å². The SMILES string of the molecule is CCNC(=NCc1cccc(CN2CCCCCC2)c1)NCCc1cccc(C(=O)NC)c1. The number of nitrogens with zero attached hydrogens (tertiary/aromatic N) is 2. The molecule has 1 saturated heterocycles. The van der Waals surface area contributed by atoms with Gasteiger partial charge in [0.2, 0.25) is 0 Å². The summed E-state index contributed by atoms with van der Waals surface area (Å²) < 4.78 is 0. The highest BCUT2D eigenvalue weighted by Crippen LogP contribution is 2.14. The largest absolute Gasteiger partial charge is 0.357 e. The minimum atomic E-state index is -0.0576. The lowest BCUT2D eigenvalue weighted by molar-refractivity contribution is 0.0963. The highest BCUT2D eigenvalue weighted by atomic mass is 16.1. The molecule has 3 rings (SSSR count). The maximum atomic E-state index is 11.8. The number of amides is 1. The average Bonchev–Trinajstić information content (AvgIpc) is 3.11. The van der Waals surface area contributed by atoms with E-state index < -0.39 is 0 Å². The van der Waals surface area contributed by atoms with E-state index >= 15 is 0 Å². The number of rotatable bonds is 9. The van der Waals surface area contributed by atoms with Crippen molar-refractivity contribution in [1.29, 1.82) is 0 Å². The van der Waals surface area contributed by atoms with Gasteiger partial charge in [0.25, 0.3) is 5.91 Å². The van der Waals surface area contributed by atoms with E-state index in [9.17, 15) is 4.79 Å². The van der Waals surface area contributed by atoms with Crippen LogP contribution in [-0.2, 0) is 19.5 Å². The van der Waals surface area contributed by atoms with Crippen molar-refractivity contribution >= 4 is 11.9 Å². The van der Waals surface area contributed by atoms with Crippen LogP contribution in [0.15, 0.2) is 53.5 Å². The van der Waals surface area contributed by atoms with Crippen LogP contribution in [0.3, 0.4) is 0 Å². The molecule has 0 aromatic heterocycles. The molecule has 3 N–H and O–H groups in total. The zero-order valence-corrected chi connectivity index (χ0v) is 20.2. The second-order valence-electron chi connectivity index (χ2n) is 8.66. The summed E-state index contributed by atoms with van der Waals surface area (Å²) in [6.45, 7) is 7.74. The summed E-state index contributed by atoms with van der Waals surface area (Å²) in [7, 11) is 1.65. The molecule has 1 heterocycles. The standard InChI is InChI=1S/C27H39N5O/c1-3-29-27(30-15-14-22-10-9-13-25(19-22)26(33)28-2)31-20-23-11-8-12-24(18-23)21-32-16-6-4-5-7-17-32/h8-13,18-19H,3-7,14-17,20-21H2,1-2H3,(H,28,33)(H2,29,30,31). The molecule has 178 valence electrons. The van der Waals surface area contributed by atoms with Gasteiger partial charge in [0.1, 0.15) is 0 Å². The van der Waals surface area contributed by atoms with Crippen molar-refractivity contribution in [3.8, 4) is 0 Å². The van der Waals surface area contributed by atoms with Crippen LogP contribution >= 0.6 is 0 Å². The summed E-state index contributed by atoms with van der Waals surface area (Å²) in [5.74, 6) is 0.760. The second-order valence-corrected chi connectivity index (χ2v) is 8.66. The summed E-state index contributed by atoms with van der Waals surface area (Å²) in [5.41, 5.74) is 4.42. The lowest BCUT2D eigenvalue weighted by atomic mass is 10.1. The number of likely N-dealkylation sites (tertiary alicyclic amines) is 1. The van der Waals surface area contributed by atoms with Crippen molar-refractivity contribution in [3.63, 3.8) is 0 Å². The molecule has 33 heavy (non-hydrogen) atoms. The third-order valence-electron chi connectivity index (χ3n) is 5.98. The van der Waals surface area contributed by atoms with Crippen LogP contribution in [0.2, 0.25) is 0 Å². The van der Waals surface area contributed by atoms with Gasteiger partial charge < -0.3 is 16.0 Å². The smallest absolute Gasteiger partial charge is 0.251 e. The Labute approximate surface area is 198 Å². The molecule has 6 nitrogen and oxygen atoms in total. The maximum Gasteiger partial charge on any atom is 0.251 e. The zero-order valence-electron chi connectivity index (χ0n) is 20.2. The Hall–Kier alpha value is -2.86. The van der Waals surface area contributed by atoms with Gasteiger partial charge in [-0.1, -0.05) is 49.2 Å². The number of aliphatic imine (C=N–C) groups is 1. The first-order valence-electron chi connectivity index (χ1n) is 12.3. The van der Waals surface area contributed by atoms with Gasteiger partial charge in [-0.3, -0.25) is 9.69 Å². The quantitative estimate of drug-likeness (QED) is 0.403. The van der Waals surface area contributed by atoms with Crippen molar-refractivity contribution < 1.29 is 4.79 Å². The highest BCUT2D eigenvalue weighted by Gasteiger charge is 2.10. The third-order valence-corrected chi connectivity index (χ3v) is 5.98. The first-order chi connectivity index (χ1) is 16.2. The van der Waals surface area contributed by atoms with Crippen LogP contribution in [0, 0.1) is 0 Å². The zero-order chi connectivity index (χ0) is 23.3. The fourth-order valence-electron chi connectivity index (χ4n) is 4.23. The molecule has 1 aliphatic heterocycles. The van der Waals surface area contributed by atoms with Gasteiger partial charge >= 0.3 is 0 Å². The second kappa shape index (κ2) is 13.6. The summed E-state index contributed by atoms with van der Waals surface area (Å²) in [6, 6.07) is 16.6. The summed E-state index contributed by atoms with van der Waals surface area (Å²) >= 11 is 0. The van der Waals surface area contributed by atoms with Gasteiger partial charge in [-0.15, -0.1) is 0 Å². The Kier molecular flexibility index (Phi) is 10.2. The van der Waals surface area contributed by atoms with E-state index in [0.29, 0.717) is 12.1 Å². The molecule has 0 radical (unpaired) electrons. The molecular formula is C27H39N5O. The van der Waals surface area contributed by atoms with Crippen LogP contribution in [0.1, 0.15) is 59.7 Å². The third kappa shape index (κ3) is 8.54. The van der Waals surface area contributed by atoms with E-state index in [4.69, 9.17) is 4.99 Å². The maximum absolute atomic E-state index is 11.8. The van der Waals surface area contributed by atoms with E-state index in [1.54, 1.807) is 7.05 Å². The van der Waals surface area contributed by atoms with Crippen LogP contribution in [0.25, 0.3) is 0 Å². The van der Waals surface area contributed by atoms with Gasteiger partial charge in [0.05, 0.1) is 6.54 Å². The minimum Gasteiger partial charge on any atom is -0.357 e. The predicted octanol–water partition coefficient (Wildman–Crippen LogP) is 3.72. The van der Waals surface area contributed by atoms with E-state index in [-0.39, 0.29) is 5.91 Å². The van der Waals surface area contributed by atoms with Crippen LogP contribution in [0.4, 0.5) is 0 Å². The number of hydrogen-bond acceptors (Lipinski definition) is 3. The van der Waals surface area contributed by atoms with Gasteiger partial charge in [0.15, 0.2) is 5.96 Å². The van der Waals surface area contributed by atoms with Crippen molar-refractivity contribution in [2.45, 2.75) is 52.1 Å². The number of benzene rings is 2. The van der Waals surface area contributed by atoms with Gasteiger partial charge in [-0.05, 0) is 68.1 Å². The van der Waals surface area contributed by atoms with Crippen molar-refractivity contribution in [3.05, 3.63) is 70.8 Å². The molecule has 2 aromatic rings. The molecule has 1 fully saturated rings. The molecule has 0 bridgehead atoms. The lowest BCUT2D eigenvalue weighted by Gasteiger charge is -2.20. The Morgan fingerprint density at radius 1 is 0.939 bits per heavy atom. The predicted molar refractivity (Wildman–Crippen MR) is 137 cm³/mol. The van der Waals surface area contributed by atoms with Crippen LogP contribution in [0.5, 0.6) is 0 Å². The Morgan fingerprint density at radius 3 is 2.42 bits per heavy atom. The summed E-state index contributed by atoms with van der Waals surface area (Å²) in [4.78, 5) is 19.2. The first kappa shape index (κ1) is 24.8. The highest BCUT2D eigenvalue weighted by molar-refractivity contribution is 5.94. The van der Waals surface area contributed by atoms with E-state index in [0.717, 1.165) is 37.6 Å². The van der Waals surface area contributed by atoms with E-state index in [2.05, 4.69) is 52.0 Å². The van der Waals surface area contributed by atoms with Gasteiger partial charge in [-0.25, -0.2) is 4.99 Å².